The molecule has 52 heavy (non-hydrogen) atoms. The van der Waals surface area contributed by atoms with E-state index < -0.39 is 0 Å². The maximum Gasteiger partial charge on any atom is 0.0467 e. The molecule has 9 rings (SSSR count). The molecular weight excluding hydrogens is 629 g/mol. The van der Waals surface area contributed by atoms with E-state index in [4.69, 9.17) is 0 Å². The van der Waals surface area contributed by atoms with E-state index in [1.165, 1.54) is 78.4 Å². The minimum absolute atomic E-state index is 0.158. The van der Waals surface area contributed by atoms with E-state index in [0.717, 1.165) is 24.2 Å². The highest BCUT2D eigenvalue weighted by Crippen LogP contribution is 2.59. The molecule has 0 amide bonds. The van der Waals surface area contributed by atoms with Crippen LogP contribution in [-0.4, -0.2) is 0 Å². The molecule has 0 unspecified atom stereocenters. The van der Waals surface area contributed by atoms with Crippen LogP contribution < -0.4 is 9.80 Å². The molecule has 0 aromatic heterocycles. The monoisotopic (exact) mass is 674 g/mol. The van der Waals surface area contributed by atoms with E-state index in [0.29, 0.717) is 0 Å². The molecule has 0 aliphatic heterocycles. The summed E-state index contributed by atoms with van der Waals surface area (Å²) in [5.41, 5.74) is 20.9. The van der Waals surface area contributed by atoms with E-state index in [1.54, 1.807) is 0 Å². The summed E-state index contributed by atoms with van der Waals surface area (Å²) >= 11 is 0. The summed E-state index contributed by atoms with van der Waals surface area (Å²) in [6, 6.07) is 46.9. The first-order chi connectivity index (χ1) is 25.2. The molecule has 3 aliphatic rings. The van der Waals surface area contributed by atoms with Gasteiger partial charge in [-0.1, -0.05) is 101 Å². The summed E-state index contributed by atoms with van der Waals surface area (Å²) in [5, 5.41) is 0. The second-order valence-corrected chi connectivity index (χ2v) is 15.8. The molecule has 0 N–H and O–H groups in total. The number of aryl methyl sites for hydroxylation is 1. The number of rotatable bonds is 6. The van der Waals surface area contributed by atoms with E-state index in [2.05, 4.69) is 197 Å². The van der Waals surface area contributed by atoms with Crippen LogP contribution in [0.5, 0.6) is 0 Å². The Kier molecular flexibility index (Phi) is 7.45. The molecule has 0 spiro atoms. The highest BCUT2D eigenvalue weighted by atomic mass is 15.1. The van der Waals surface area contributed by atoms with Gasteiger partial charge in [-0.05, 0) is 155 Å². The highest BCUT2D eigenvalue weighted by molar-refractivity contribution is 5.95. The van der Waals surface area contributed by atoms with Gasteiger partial charge in [0.05, 0.1) is 0 Å². The number of hydrogen-bond donors (Lipinski definition) is 0. The Hall–Kier alpha value is -5.60. The minimum Gasteiger partial charge on any atom is -0.311 e. The molecule has 0 radical (unpaired) electrons. The maximum atomic E-state index is 2.55. The summed E-state index contributed by atoms with van der Waals surface area (Å²) in [5.74, 6) is 0. The van der Waals surface area contributed by atoms with Crippen LogP contribution in [0.25, 0.3) is 22.3 Å². The van der Waals surface area contributed by atoms with Crippen LogP contribution in [0.4, 0.5) is 28.4 Å². The van der Waals surface area contributed by atoms with Gasteiger partial charge in [-0.15, -0.1) is 0 Å². The van der Waals surface area contributed by atoms with Crippen LogP contribution in [0, 0.1) is 13.8 Å². The van der Waals surface area contributed by atoms with Crippen molar-refractivity contribution >= 4 is 28.4 Å². The first kappa shape index (κ1) is 32.3. The lowest BCUT2D eigenvalue weighted by atomic mass is 9.76. The van der Waals surface area contributed by atoms with Gasteiger partial charge in [0.15, 0.2) is 0 Å². The fourth-order valence-electron chi connectivity index (χ4n) is 9.47. The molecule has 0 heterocycles. The average Bonchev–Trinajstić information content (AvgIpc) is 3.53. The van der Waals surface area contributed by atoms with E-state index in [-0.39, 0.29) is 10.8 Å². The number of para-hydroxylation sites is 3. The molecule has 0 saturated carbocycles. The van der Waals surface area contributed by atoms with Crippen LogP contribution >= 0.6 is 0 Å². The van der Waals surface area contributed by atoms with E-state index >= 15 is 0 Å². The van der Waals surface area contributed by atoms with Crippen molar-refractivity contribution in [2.75, 3.05) is 9.80 Å². The van der Waals surface area contributed by atoms with Crippen molar-refractivity contribution in [2.24, 2.45) is 0 Å². The Balaban J connectivity index is 1.19. The van der Waals surface area contributed by atoms with Crippen LogP contribution in [0.2, 0.25) is 0 Å². The molecule has 0 fully saturated rings. The van der Waals surface area contributed by atoms with Crippen LogP contribution in [-0.2, 0) is 10.8 Å². The normalized spacial score (nSPS) is 15.7. The molecule has 6 aromatic rings. The molecule has 0 saturated heterocycles. The topological polar surface area (TPSA) is 6.48 Å². The molecular formula is C50H46N2. The number of nitrogens with zero attached hydrogens (tertiary/aromatic N) is 2. The maximum absolute atomic E-state index is 2.55. The van der Waals surface area contributed by atoms with Crippen LogP contribution in [0.3, 0.4) is 0 Å². The quantitative estimate of drug-likeness (QED) is 0.173. The largest absolute Gasteiger partial charge is 0.311 e. The highest BCUT2D eigenvalue weighted by Gasteiger charge is 2.44. The van der Waals surface area contributed by atoms with Gasteiger partial charge in [0.2, 0.25) is 0 Å². The summed E-state index contributed by atoms with van der Waals surface area (Å²) in [4.78, 5) is 4.82. The van der Waals surface area contributed by atoms with Crippen molar-refractivity contribution in [3.8, 4) is 22.3 Å². The summed E-state index contributed by atoms with van der Waals surface area (Å²) in [6.45, 7) is 14.4. The van der Waals surface area contributed by atoms with Gasteiger partial charge in [-0.3, -0.25) is 0 Å². The Morgan fingerprint density at radius 1 is 0.481 bits per heavy atom. The van der Waals surface area contributed by atoms with Crippen LogP contribution in [0.1, 0.15) is 73.9 Å². The standard InChI is InChI=1S/C50H46N2/c1-33-29-40(52(37-23-15-9-16-24-37)38-25-17-10-18-26-38)31-44-46(33)47-34(2)48-42(32-45(47)49(44,3)4)41-28-27-39(30-43(41)50(48,5)6)51(35-19-11-7-12-20-35)36-21-13-8-14-22-36/h7-9,11-17,19-32H,10,18H2,1-6H3. The number of anilines is 5. The van der Waals surface area contributed by atoms with Gasteiger partial charge < -0.3 is 9.80 Å². The Morgan fingerprint density at radius 3 is 1.65 bits per heavy atom. The van der Waals surface area contributed by atoms with Gasteiger partial charge in [-0.2, -0.15) is 0 Å². The number of hydrogen-bond acceptors (Lipinski definition) is 2. The molecule has 0 atom stereocenters. The lowest BCUT2D eigenvalue weighted by Gasteiger charge is -2.30. The molecule has 3 aliphatic carbocycles. The van der Waals surface area contributed by atoms with Crippen molar-refractivity contribution in [3.05, 3.63) is 185 Å². The van der Waals surface area contributed by atoms with Gasteiger partial charge >= 0.3 is 0 Å². The minimum atomic E-state index is -0.163. The first-order valence-corrected chi connectivity index (χ1v) is 18.8. The molecule has 0 bridgehead atoms. The number of benzene rings is 6. The van der Waals surface area contributed by atoms with Gasteiger partial charge in [0, 0.05) is 45.0 Å². The number of allylic oxidation sites excluding steroid dienone is 3. The number of fused-ring (bicyclic) bond motifs is 6. The molecule has 256 valence electrons. The van der Waals surface area contributed by atoms with Crippen molar-refractivity contribution in [2.45, 2.75) is 65.2 Å². The van der Waals surface area contributed by atoms with Gasteiger partial charge in [0.1, 0.15) is 0 Å². The second kappa shape index (κ2) is 12.0. The Bertz CT molecular complexity index is 2370. The fraction of sp³-hybridized carbons (Fsp3) is 0.200. The Morgan fingerprint density at radius 2 is 1.06 bits per heavy atom. The van der Waals surface area contributed by atoms with Crippen molar-refractivity contribution in [3.63, 3.8) is 0 Å². The zero-order valence-electron chi connectivity index (χ0n) is 31.2. The lowest BCUT2D eigenvalue weighted by molar-refractivity contribution is 0.648. The van der Waals surface area contributed by atoms with Crippen molar-refractivity contribution in [1.29, 1.82) is 0 Å². The average molecular weight is 675 g/mol. The predicted molar refractivity (Wildman–Crippen MR) is 221 cm³/mol. The van der Waals surface area contributed by atoms with Crippen LogP contribution in [0.15, 0.2) is 151 Å². The molecule has 2 nitrogen and oxygen atoms in total. The zero-order valence-corrected chi connectivity index (χ0v) is 31.2. The molecule has 2 heteroatoms. The third-order valence-corrected chi connectivity index (χ3v) is 11.9. The summed E-state index contributed by atoms with van der Waals surface area (Å²) in [7, 11) is 0. The summed E-state index contributed by atoms with van der Waals surface area (Å²) in [6.07, 6.45) is 9.14. The van der Waals surface area contributed by atoms with Gasteiger partial charge in [0.25, 0.3) is 0 Å². The second-order valence-electron chi connectivity index (χ2n) is 15.8. The predicted octanol–water partition coefficient (Wildman–Crippen LogP) is 13.8. The Labute approximate surface area is 309 Å². The third-order valence-electron chi connectivity index (χ3n) is 11.9. The van der Waals surface area contributed by atoms with Crippen molar-refractivity contribution in [1.82, 2.24) is 0 Å². The fourth-order valence-corrected chi connectivity index (χ4v) is 9.47. The van der Waals surface area contributed by atoms with E-state index in [1.807, 2.05) is 0 Å². The van der Waals surface area contributed by atoms with Gasteiger partial charge in [-0.25, -0.2) is 0 Å². The zero-order chi connectivity index (χ0) is 35.8. The first-order valence-electron chi connectivity index (χ1n) is 18.8. The lowest BCUT2D eigenvalue weighted by Crippen LogP contribution is -2.20. The molecule has 6 aromatic carbocycles. The summed E-state index contributed by atoms with van der Waals surface area (Å²) < 4.78 is 0. The SMILES string of the molecule is Cc1cc(N(C2=CCCC=C2)c2ccccc2)cc2c1-c1c(cc3c(c1C)C(C)(C)c1cc(N(c4ccccc4)c4ccccc4)ccc1-3)C2(C)C. The third kappa shape index (κ3) is 4.84. The smallest absolute Gasteiger partial charge is 0.0467 e. The van der Waals surface area contributed by atoms with E-state index in [9.17, 15) is 0 Å². The van der Waals surface area contributed by atoms with Crippen molar-refractivity contribution < 1.29 is 0 Å².